The number of furan rings is 1. The molecule has 3 nitrogen and oxygen atoms in total. The maximum Gasteiger partial charge on any atom is 0.137 e. The summed E-state index contributed by atoms with van der Waals surface area (Å²) in [6.07, 6.45) is 0. The molecule has 200 valence electrons. The molecular formula is C40H24N2O. The number of benzene rings is 7. The Bertz CT molecular complexity index is 2720. The van der Waals surface area contributed by atoms with E-state index < -0.39 is 0 Å². The summed E-state index contributed by atoms with van der Waals surface area (Å²) in [5.74, 6) is 0. The van der Waals surface area contributed by atoms with Crippen LogP contribution in [0.4, 0.5) is 0 Å². The second-order valence-electron chi connectivity index (χ2n) is 11.4. The molecule has 0 amide bonds. The highest BCUT2D eigenvalue weighted by molar-refractivity contribution is 6.27. The van der Waals surface area contributed by atoms with Gasteiger partial charge in [0.15, 0.2) is 0 Å². The molecule has 7 aromatic carbocycles. The molecule has 10 aromatic rings. The summed E-state index contributed by atoms with van der Waals surface area (Å²) >= 11 is 0. The lowest BCUT2D eigenvalue weighted by atomic mass is 10.1. The van der Waals surface area contributed by atoms with Gasteiger partial charge < -0.3 is 13.6 Å². The normalized spacial score (nSPS) is 12.2. The van der Waals surface area contributed by atoms with Gasteiger partial charge in [0, 0.05) is 38.3 Å². The molecule has 10 rings (SSSR count). The van der Waals surface area contributed by atoms with Crippen molar-refractivity contribution in [3.63, 3.8) is 0 Å². The van der Waals surface area contributed by atoms with Gasteiger partial charge in [0.2, 0.25) is 0 Å². The van der Waals surface area contributed by atoms with E-state index in [-0.39, 0.29) is 0 Å². The van der Waals surface area contributed by atoms with Crippen LogP contribution in [0, 0.1) is 0 Å². The molecule has 0 saturated heterocycles. The first-order valence-electron chi connectivity index (χ1n) is 14.7. The zero-order valence-electron chi connectivity index (χ0n) is 23.2. The molecule has 3 heteroatoms. The maximum absolute atomic E-state index is 6.36. The van der Waals surface area contributed by atoms with Crippen LogP contribution in [0.5, 0.6) is 0 Å². The lowest BCUT2D eigenvalue weighted by Crippen LogP contribution is -1.96. The van der Waals surface area contributed by atoms with E-state index in [1.54, 1.807) is 0 Å². The van der Waals surface area contributed by atoms with Gasteiger partial charge in [-0.25, -0.2) is 0 Å². The van der Waals surface area contributed by atoms with Crippen LogP contribution in [0.3, 0.4) is 0 Å². The first-order chi connectivity index (χ1) is 21.3. The van der Waals surface area contributed by atoms with E-state index in [2.05, 4.69) is 149 Å². The van der Waals surface area contributed by atoms with Gasteiger partial charge in [0.05, 0.1) is 27.5 Å². The molecule has 0 aliphatic carbocycles. The van der Waals surface area contributed by atoms with Gasteiger partial charge in [-0.15, -0.1) is 0 Å². The summed E-state index contributed by atoms with van der Waals surface area (Å²) < 4.78 is 11.2. The number of hydrogen-bond acceptors (Lipinski definition) is 1. The van der Waals surface area contributed by atoms with E-state index in [1.807, 2.05) is 6.07 Å². The SMILES string of the molecule is c1ccc(-n2c3cc4c(cc3c3ccc5oc6ccccc6c5c32)c2ccccc2n4-c2ccc3ccccc3c2)cc1. The van der Waals surface area contributed by atoms with Crippen LogP contribution < -0.4 is 0 Å². The highest BCUT2D eigenvalue weighted by atomic mass is 16.3. The quantitative estimate of drug-likeness (QED) is 0.211. The molecule has 0 aliphatic heterocycles. The van der Waals surface area contributed by atoms with Crippen molar-refractivity contribution in [2.24, 2.45) is 0 Å². The Kier molecular flexibility index (Phi) is 4.45. The second-order valence-corrected chi connectivity index (χ2v) is 11.4. The van der Waals surface area contributed by atoms with Crippen LogP contribution in [0.15, 0.2) is 150 Å². The summed E-state index contributed by atoms with van der Waals surface area (Å²) in [6.45, 7) is 0. The topological polar surface area (TPSA) is 23.0 Å². The van der Waals surface area contributed by atoms with Gasteiger partial charge in [-0.2, -0.15) is 0 Å². The van der Waals surface area contributed by atoms with Crippen molar-refractivity contribution in [3.8, 4) is 11.4 Å². The first kappa shape index (κ1) is 22.8. The fourth-order valence-corrected chi connectivity index (χ4v) is 7.21. The van der Waals surface area contributed by atoms with Gasteiger partial charge in [0.1, 0.15) is 11.2 Å². The predicted octanol–water partition coefficient (Wildman–Crippen LogP) is 10.9. The third kappa shape index (κ3) is 3.08. The lowest BCUT2D eigenvalue weighted by molar-refractivity contribution is 0.669. The minimum atomic E-state index is 0.907. The van der Waals surface area contributed by atoms with Crippen LogP contribution in [-0.4, -0.2) is 9.13 Å². The lowest BCUT2D eigenvalue weighted by Gasteiger charge is -2.11. The van der Waals surface area contributed by atoms with Crippen molar-refractivity contribution in [1.82, 2.24) is 9.13 Å². The van der Waals surface area contributed by atoms with Gasteiger partial charge >= 0.3 is 0 Å². The minimum Gasteiger partial charge on any atom is -0.456 e. The monoisotopic (exact) mass is 548 g/mol. The van der Waals surface area contributed by atoms with E-state index in [0.717, 1.165) is 33.3 Å². The number of rotatable bonds is 2. The number of fused-ring (bicyclic) bond motifs is 11. The Morgan fingerprint density at radius 3 is 2.00 bits per heavy atom. The summed E-state index contributed by atoms with van der Waals surface area (Å²) in [6, 6.07) is 52.4. The average Bonchev–Trinajstić information content (AvgIpc) is 3.71. The summed E-state index contributed by atoms with van der Waals surface area (Å²) in [5, 5.41) is 9.74. The number of hydrogen-bond donors (Lipinski definition) is 0. The molecule has 0 radical (unpaired) electrons. The third-order valence-corrected chi connectivity index (χ3v) is 9.07. The molecule has 0 atom stereocenters. The van der Waals surface area contributed by atoms with Gasteiger partial charge in [0.25, 0.3) is 0 Å². The largest absolute Gasteiger partial charge is 0.456 e. The molecule has 0 fully saturated rings. The van der Waals surface area contributed by atoms with Gasteiger partial charge in [-0.1, -0.05) is 84.9 Å². The molecule has 43 heavy (non-hydrogen) atoms. The fourth-order valence-electron chi connectivity index (χ4n) is 7.21. The molecule has 0 bridgehead atoms. The fraction of sp³-hybridized carbons (Fsp3) is 0. The van der Waals surface area contributed by atoms with Crippen LogP contribution in [-0.2, 0) is 0 Å². The third-order valence-electron chi connectivity index (χ3n) is 9.07. The number of para-hydroxylation sites is 3. The van der Waals surface area contributed by atoms with Crippen molar-refractivity contribution in [2.45, 2.75) is 0 Å². The molecule has 0 unspecified atom stereocenters. The van der Waals surface area contributed by atoms with Crippen molar-refractivity contribution in [2.75, 3.05) is 0 Å². The van der Waals surface area contributed by atoms with Crippen molar-refractivity contribution in [1.29, 1.82) is 0 Å². The molecule has 0 N–H and O–H groups in total. The highest BCUT2D eigenvalue weighted by Crippen LogP contribution is 2.43. The van der Waals surface area contributed by atoms with Crippen LogP contribution in [0.1, 0.15) is 0 Å². The zero-order valence-corrected chi connectivity index (χ0v) is 23.2. The van der Waals surface area contributed by atoms with E-state index in [9.17, 15) is 0 Å². The summed E-state index contributed by atoms with van der Waals surface area (Å²) in [4.78, 5) is 0. The Morgan fingerprint density at radius 1 is 0.372 bits per heavy atom. The Balaban J connectivity index is 1.42. The number of aromatic nitrogens is 2. The van der Waals surface area contributed by atoms with Crippen molar-refractivity contribution < 1.29 is 4.42 Å². The van der Waals surface area contributed by atoms with Gasteiger partial charge in [-0.05, 0) is 71.4 Å². The smallest absolute Gasteiger partial charge is 0.137 e. The van der Waals surface area contributed by atoms with Crippen molar-refractivity contribution in [3.05, 3.63) is 146 Å². The van der Waals surface area contributed by atoms with Gasteiger partial charge in [-0.3, -0.25) is 0 Å². The molecule has 3 heterocycles. The molecule has 0 aliphatic rings. The van der Waals surface area contributed by atoms with E-state index in [1.165, 1.54) is 54.4 Å². The Hall–Kier alpha value is -5.80. The zero-order chi connectivity index (χ0) is 28.1. The predicted molar refractivity (Wildman–Crippen MR) is 180 cm³/mol. The van der Waals surface area contributed by atoms with Crippen LogP contribution in [0.2, 0.25) is 0 Å². The average molecular weight is 549 g/mol. The molecule has 3 aromatic heterocycles. The second kappa shape index (κ2) is 8.37. The first-order valence-corrected chi connectivity index (χ1v) is 14.7. The van der Waals surface area contributed by atoms with Crippen LogP contribution in [0.25, 0.3) is 87.7 Å². The number of nitrogens with zero attached hydrogens (tertiary/aromatic N) is 2. The minimum absolute atomic E-state index is 0.907. The molecule has 0 spiro atoms. The Labute approximate surface area is 246 Å². The van der Waals surface area contributed by atoms with E-state index in [4.69, 9.17) is 4.42 Å². The summed E-state index contributed by atoms with van der Waals surface area (Å²) in [5.41, 5.74) is 8.87. The maximum atomic E-state index is 6.36. The van der Waals surface area contributed by atoms with E-state index >= 15 is 0 Å². The van der Waals surface area contributed by atoms with Crippen molar-refractivity contribution >= 4 is 76.3 Å². The molecular weight excluding hydrogens is 524 g/mol. The van der Waals surface area contributed by atoms with E-state index in [0.29, 0.717) is 0 Å². The molecule has 0 saturated carbocycles. The Morgan fingerprint density at radius 2 is 1.09 bits per heavy atom. The standard InChI is InChI=1S/C40H24N2O/c1-2-12-27(13-3-1)42-36-24-35-32(23-33(36)30-20-21-38-39(40(30)42)31-15-7-9-17-37(31)43-38)29-14-6-8-16-34(29)41(35)28-19-18-25-10-4-5-11-26(25)22-28/h1-24H. The highest BCUT2D eigenvalue weighted by Gasteiger charge is 2.21. The van der Waals surface area contributed by atoms with Crippen LogP contribution >= 0.6 is 0 Å². The summed E-state index contributed by atoms with van der Waals surface area (Å²) in [7, 11) is 0.